The molecule has 0 saturated heterocycles. The maximum atomic E-state index is 13.5. The first-order chi connectivity index (χ1) is 28.0. The van der Waals surface area contributed by atoms with Crippen LogP contribution in [0.25, 0.3) is 34.4 Å². The van der Waals surface area contributed by atoms with Crippen LogP contribution in [-0.2, 0) is 0 Å². The van der Waals surface area contributed by atoms with Gasteiger partial charge in [-0.25, -0.2) is 4.98 Å². The van der Waals surface area contributed by atoms with E-state index in [1.807, 2.05) is 54.6 Å². The number of halogens is 1. The fourth-order valence-electron chi connectivity index (χ4n) is 5.69. The SMILES string of the molecule is COc1cc(-n2nnc(-c3ccccn3)n2)ccc1C(C#N)c1cccc(F)n1.COc1cc(-n2nnc(-c3ccccn3)n2)ccc1C(C#N)c1ccccn1. The molecule has 17 heteroatoms. The van der Waals surface area contributed by atoms with Crippen molar-refractivity contribution in [2.75, 3.05) is 14.2 Å². The molecule has 0 N–H and O–H groups in total. The third kappa shape index (κ3) is 8.27. The Kier molecular flexibility index (Phi) is 11.2. The first-order valence-corrected chi connectivity index (χ1v) is 17.1. The summed E-state index contributed by atoms with van der Waals surface area (Å²) >= 11 is 0. The quantitative estimate of drug-likeness (QED) is 0.153. The summed E-state index contributed by atoms with van der Waals surface area (Å²) in [7, 11) is 3.05. The van der Waals surface area contributed by atoms with Gasteiger partial charge in [0.1, 0.15) is 34.7 Å². The summed E-state index contributed by atoms with van der Waals surface area (Å²) in [6.07, 6.45) is 4.99. The van der Waals surface area contributed by atoms with Gasteiger partial charge < -0.3 is 9.47 Å². The van der Waals surface area contributed by atoms with Crippen molar-refractivity contribution in [1.29, 1.82) is 10.5 Å². The van der Waals surface area contributed by atoms with Gasteiger partial charge in [-0.05, 0) is 71.1 Å². The predicted octanol–water partition coefficient (Wildman–Crippen LogP) is 5.71. The molecule has 8 aromatic rings. The summed E-state index contributed by atoms with van der Waals surface area (Å²) in [6.45, 7) is 0. The third-order valence-electron chi connectivity index (χ3n) is 8.41. The normalized spacial score (nSPS) is 11.6. The summed E-state index contributed by atoms with van der Waals surface area (Å²) in [4.78, 5) is 19.3. The van der Waals surface area contributed by atoms with E-state index in [4.69, 9.17) is 9.47 Å². The number of ether oxygens (including phenoxy) is 2. The molecule has 278 valence electrons. The van der Waals surface area contributed by atoms with Crippen LogP contribution >= 0.6 is 0 Å². The number of hydrogen-bond donors (Lipinski definition) is 0. The Labute approximate surface area is 324 Å². The second kappa shape index (κ2) is 17.2. The molecule has 2 aromatic carbocycles. The summed E-state index contributed by atoms with van der Waals surface area (Å²) in [5.74, 6) is -0.199. The minimum Gasteiger partial charge on any atom is -0.496 e. The van der Waals surface area contributed by atoms with E-state index in [1.54, 1.807) is 68.2 Å². The van der Waals surface area contributed by atoms with Crippen molar-refractivity contribution in [3.63, 3.8) is 0 Å². The van der Waals surface area contributed by atoms with E-state index in [0.717, 1.165) is 5.56 Å². The van der Waals surface area contributed by atoms with Crippen LogP contribution < -0.4 is 9.47 Å². The van der Waals surface area contributed by atoms with E-state index in [9.17, 15) is 14.9 Å². The van der Waals surface area contributed by atoms with Crippen molar-refractivity contribution in [3.8, 4) is 58.0 Å². The Morgan fingerprint density at radius 1 is 0.579 bits per heavy atom. The highest BCUT2D eigenvalue weighted by atomic mass is 19.1. The second-order valence-electron chi connectivity index (χ2n) is 11.9. The maximum absolute atomic E-state index is 13.5. The molecule has 8 rings (SSSR count). The summed E-state index contributed by atoms with van der Waals surface area (Å²) in [5, 5.41) is 44.3. The molecular weight excluding hydrogens is 728 g/mol. The molecule has 0 aliphatic rings. The molecule has 0 spiro atoms. The van der Waals surface area contributed by atoms with Crippen LogP contribution in [0.1, 0.15) is 34.4 Å². The lowest BCUT2D eigenvalue weighted by molar-refractivity contribution is 0.408. The van der Waals surface area contributed by atoms with Crippen LogP contribution in [0.15, 0.2) is 128 Å². The first kappa shape index (κ1) is 37.0. The highest BCUT2D eigenvalue weighted by Crippen LogP contribution is 2.33. The van der Waals surface area contributed by atoms with Crippen LogP contribution in [0.2, 0.25) is 0 Å². The van der Waals surface area contributed by atoms with Gasteiger partial charge in [-0.15, -0.1) is 30.0 Å². The molecule has 57 heavy (non-hydrogen) atoms. The van der Waals surface area contributed by atoms with E-state index >= 15 is 0 Å². The lowest BCUT2D eigenvalue weighted by Crippen LogP contribution is -2.06. The van der Waals surface area contributed by atoms with Gasteiger partial charge in [-0.3, -0.25) is 15.0 Å². The zero-order valence-electron chi connectivity index (χ0n) is 30.2. The van der Waals surface area contributed by atoms with Crippen LogP contribution in [-0.4, -0.2) is 74.6 Å². The Hall–Kier alpha value is -8.31. The van der Waals surface area contributed by atoms with Crippen LogP contribution in [0.5, 0.6) is 11.5 Å². The Morgan fingerprint density at radius 2 is 1.07 bits per heavy atom. The summed E-state index contributed by atoms with van der Waals surface area (Å²) in [5.41, 5.74) is 4.72. The fourth-order valence-corrected chi connectivity index (χ4v) is 5.69. The Bertz CT molecular complexity index is 2680. The van der Waals surface area contributed by atoms with Gasteiger partial charge in [-0.1, -0.05) is 36.4 Å². The number of aromatic nitrogens is 12. The highest BCUT2D eigenvalue weighted by molar-refractivity contribution is 5.53. The largest absolute Gasteiger partial charge is 0.496 e. The number of tetrazole rings is 2. The monoisotopic (exact) mass is 756 g/mol. The van der Waals surface area contributed by atoms with Gasteiger partial charge in [0.15, 0.2) is 0 Å². The van der Waals surface area contributed by atoms with Gasteiger partial charge in [0, 0.05) is 41.9 Å². The number of rotatable bonds is 10. The molecule has 0 amide bonds. The topological polar surface area (TPSA) is 205 Å². The fraction of sp³-hybridized carbons (Fsp3) is 0.100. The predicted molar refractivity (Wildman–Crippen MR) is 201 cm³/mol. The van der Waals surface area contributed by atoms with Gasteiger partial charge in [0.05, 0.1) is 49.1 Å². The number of pyridine rings is 4. The standard InChI is InChI=1S/C20H14FN7O.C20H15N7O/c1-29-18-11-13(28-26-20(25-27-28)17-5-2-3-10-23-17)8-9-14(18)15(12-22)16-6-4-7-19(21)24-16;1-28-19-12-14(27-25-20(24-26-27)18-7-3-5-11-23-18)8-9-15(19)16(13-21)17-6-2-4-10-22-17/h2-11,15H,1H3;2-12,16H,1H3. The Balaban J connectivity index is 0.000000174. The lowest BCUT2D eigenvalue weighted by Gasteiger charge is -2.14. The van der Waals surface area contributed by atoms with E-state index in [2.05, 4.69) is 62.9 Å². The van der Waals surface area contributed by atoms with Crippen molar-refractivity contribution in [3.05, 3.63) is 156 Å². The van der Waals surface area contributed by atoms with Crippen molar-refractivity contribution in [1.82, 2.24) is 60.4 Å². The minimum atomic E-state index is -0.789. The summed E-state index contributed by atoms with van der Waals surface area (Å²) < 4.78 is 24.5. The average Bonchev–Trinajstić information content (AvgIpc) is 3.98. The minimum absolute atomic E-state index is 0.301. The van der Waals surface area contributed by atoms with Gasteiger partial charge in [0.2, 0.25) is 17.6 Å². The maximum Gasteiger partial charge on any atom is 0.223 e. The molecule has 0 bridgehead atoms. The zero-order chi connectivity index (χ0) is 39.6. The van der Waals surface area contributed by atoms with Crippen molar-refractivity contribution < 1.29 is 13.9 Å². The number of nitriles is 2. The molecule has 16 nitrogen and oxygen atoms in total. The van der Waals surface area contributed by atoms with E-state index in [1.165, 1.54) is 28.8 Å². The number of benzene rings is 2. The van der Waals surface area contributed by atoms with Crippen LogP contribution in [0.4, 0.5) is 4.39 Å². The number of hydrogen-bond acceptors (Lipinski definition) is 14. The second-order valence-corrected chi connectivity index (χ2v) is 11.9. The smallest absolute Gasteiger partial charge is 0.223 e. The van der Waals surface area contributed by atoms with Gasteiger partial charge >= 0.3 is 0 Å². The molecule has 0 fully saturated rings. The Morgan fingerprint density at radius 3 is 1.51 bits per heavy atom. The third-order valence-corrected chi connectivity index (χ3v) is 8.41. The van der Waals surface area contributed by atoms with Gasteiger partial charge in [-0.2, -0.15) is 14.9 Å². The van der Waals surface area contributed by atoms with E-state index in [0.29, 0.717) is 62.9 Å². The zero-order valence-corrected chi connectivity index (χ0v) is 30.2. The molecule has 6 heterocycles. The van der Waals surface area contributed by atoms with Crippen LogP contribution in [0, 0.1) is 28.6 Å². The molecule has 0 radical (unpaired) electrons. The van der Waals surface area contributed by atoms with Crippen molar-refractivity contribution >= 4 is 0 Å². The summed E-state index contributed by atoms with van der Waals surface area (Å²) in [6, 6.07) is 35.7. The van der Waals surface area contributed by atoms with Crippen LogP contribution in [0.3, 0.4) is 0 Å². The number of methoxy groups -OCH3 is 2. The van der Waals surface area contributed by atoms with E-state index in [-0.39, 0.29) is 0 Å². The average molecular weight is 757 g/mol. The van der Waals surface area contributed by atoms with E-state index < -0.39 is 17.8 Å². The lowest BCUT2D eigenvalue weighted by atomic mass is 9.95. The molecular formula is C40H29FN14O2. The van der Waals surface area contributed by atoms with Crippen molar-refractivity contribution in [2.45, 2.75) is 11.8 Å². The molecule has 0 aliphatic carbocycles. The number of nitrogens with zero attached hydrogens (tertiary/aromatic N) is 14. The molecule has 6 aromatic heterocycles. The molecule has 0 saturated carbocycles. The highest BCUT2D eigenvalue weighted by Gasteiger charge is 2.22. The molecule has 0 aliphatic heterocycles. The van der Waals surface area contributed by atoms with Crippen molar-refractivity contribution in [2.24, 2.45) is 0 Å². The molecule has 2 unspecified atom stereocenters. The first-order valence-electron chi connectivity index (χ1n) is 17.1. The van der Waals surface area contributed by atoms with Gasteiger partial charge in [0.25, 0.3) is 0 Å². The molecule has 2 atom stereocenters.